The molecule has 1 saturated carbocycles. The van der Waals surface area contributed by atoms with Gasteiger partial charge < -0.3 is 14.2 Å². The molecule has 3 aromatic rings. The molecule has 10 heteroatoms. The fourth-order valence-corrected chi connectivity index (χ4v) is 3.67. The third-order valence-corrected chi connectivity index (χ3v) is 5.38. The van der Waals surface area contributed by atoms with Gasteiger partial charge in [-0.2, -0.15) is 4.98 Å². The molecule has 0 N–H and O–H groups in total. The van der Waals surface area contributed by atoms with Crippen molar-refractivity contribution in [3.05, 3.63) is 52.7 Å². The number of halogens is 1. The van der Waals surface area contributed by atoms with E-state index in [0.29, 0.717) is 41.5 Å². The molecule has 1 amide bonds. The highest BCUT2D eigenvalue weighted by Gasteiger charge is 2.37. The quantitative estimate of drug-likeness (QED) is 0.647. The van der Waals surface area contributed by atoms with E-state index >= 15 is 0 Å². The van der Waals surface area contributed by atoms with E-state index < -0.39 is 6.04 Å². The molecule has 0 bridgehead atoms. The number of ether oxygens (including phenoxy) is 1. The molecule has 2 aromatic heterocycles. The Kier molecular flexibility index (Phi) is 4.56. The maximum Gasteiger partial charge on any atom is 0.294 e. The molecule has 1 saturated heterocycles. The molecule has 3 heterocycles. The second kappa shape index (κ2) is 7.23. The van der Waals surface area contributed by atoms with Crippen LogP contribution in [0.2, 0.25) is 5.02 Å². The number of hydrogen-bond acceptors (Lipinski definition) is 7. The monoisotopic (exact) mass is 414 g/mol. The number of aryl methyl sites for hydroxylation is 1. The van der Waals surface area contributed by atoms with Crippen molar-refractivity contribution in [1.29, 1.82) is 0 Å². The molecule has 0 unspecified atom stereocenters. The van der Waals surface area contributed by atoms with Crippen LogP contribution in [0.15, 0.2) is 28.8 Å². The van der Waals surface area contributed by atoms with Crippen LogP contribution in [0.3, 0.4) is 0 Å². The average Bonchev–Trinajstić information content (AvgIpc) is 3.34. The van der Waals surface area contributed by atoms with Crippen molar-refractivity contribution in [2.45, 2.75) is 31.7 Å². The molecule has 1 atom stereocenters. The Morgan fingerprint density at radius 1 is 1.24 bits per heavy atom. The van der Waals surface area contributed by atoms with Crippen molar-refractivity contribution in [2.75, 3.05) is 19.8 Å². The van der Waals surface area contributed by atoms with Crippen LogP contribution < -0.4 is 0 Å². The summed E-state index contributed by atoms with van der Waals surface area (Å²) in [5.74, 6) is 1.76. The standard InChI is InChI=1S/C19H19ClN6O3/c1-11-21-18(29-24-11)15-10-28-9-8-25(15)19(27)16-22-17(12-6-7-12)26(23-16)14-5-3-2-4-13(14)20/h2-5,12,15H,6-10H2,1H3/t15-/m0/s1. The third kappa shape index (κ3) is 3.40. The molecular weight excluding hydrogens is 396 g/mol. The lowest BCUT2D eigenvalue weighted by Crippen LogP contribution is -2.44. The number of rotatable bonds is 4. The van der Waals surface area contributed by atoms with Gasteiger partial charge in [0.1, 0.15) is 11.9 Å². The van der Waals surface area contributed by atoms with Crippen molar-refractivity contribution in [3.63, 3.8) is 0 Å². The van der Waals surface area contributed by atoms with Crippen LogP contribution in [0.1, 0.15) is 53.0 Å². The maximum absolute atomic E-state index is 13.3. The van der Waals surface area contributed by atoms with E-state index in [9.17, 15) is 4.79 Å². The minimum Gasteiger partial charge on any atom is -0.377 e. The van der Waals surface area contributed by atoms with Gasteiger partial charge in [0, 0.05) is 12.5 Å². The van der Waals surface area contributed by atoms with E-state index in [1.54, 1.807) is 22.6 Å². The SMILES string of the molecule is Cc1noc([C@@H]2COCCN2C(=O)c2nc(C3CC3)n(-c3ccccc3Cl)n2)n1. The molecule has 1 aromatic carbocycles. The van der Waals surface area contributed by atoms with Gasteiger partial charge in [0.25, 0.3) is 11.8 Å². The molecule has 150 valence electrons. The van der Waals surface area contributed by atoms with E-state index in [2.05, 4.69) is 20.2 Å². The molecule has 9 nitrogen and oxygen atoms in total. The molecule has 0 radical (unpaired) electrons. The topological polar surface area (TPSA) is 99.2 Å². The van der Waals surface area contributed by atoms with Crippen molar-refractivity contribution in [2.24, 2.45) is 0 Å². The Labute approximate surface area is 171 Å². The van der Waals surface area contributed by atoms with Crippen molar-refractivity contribution >= 4 is 17.5 Å². The highest BCUT2D eigenvalue weighted by molar-refractivity contribution is 6.32. The molecule has 1 aliphatic heterocycles. The first-order chi connectivity index (χ1) is 14.1. The van der Waals surface area contributed by atoms with Gasteiger partial charge in [0.2, 0.25) is 5.82 Å². The van der Waals surface area contributed by atoms with Crippen LogP contribution >= 0.6 is 11.6 Å². The fourth-order valence-electron chi connectivity index (χ4n) is 3.45. The van der Waals surface area contributed by atoms with E-state index in [4.69, 9.17) is 20.9 Å². The van der Waals surface area contributed by atoms with Gasteiger partial charge in [-0.15, -0.1) is 5.10 Å². The zero-order valence-electron chi connectivity index (χ0n) is 15.8. The van der Waals surface area contributed by atoms with Gasteiger partial charge >= 0.3 is 0 Å². The Morgan fingerprint density at radius 2 is 2.07 bits per heavy atom. The molecular formula is C19H19ClN6O3. The van der Waals surface area contributed by atoms with Gasteiger partial charge in [0.15, 0.2) is 5.82 Å². The van der Waals surface area contributed by atoms with E-state index in [1.807, 2.05) is 18.2 Å². The minimum atomic E-state index is -0.464. The summed E-state index contributed by atoms with van der Waals surface area (Å²) in [6, 6.07) is 6.95. The summed E-state index contributed by atoms with van der Waals surface area (Å²) < 4.78 is 12.5. The lowest BCUT2D eigenvalue weighted by molar-refractivity contribution is -0.0125. The zero-order chi connectivity index (χ0) is 20.0. The second-order valence-electron chi connectivity index (χ2n) is 7.20. The van der Waals surface area contributed by atoms with Crippen LogP contribution in [0.4, 0.5) is 0 Å². The molecule has 1 aliphatic carbocycles. The van der Waals surface area contributed by atoms with Crippen LogP contribution in [0.25, 0.3) is 5.69 Å². The van der Waals surface area contributed by atoms with Gasteiger partial charge in [0.05, 0.1) is 23.9 Å². The number of carbonyl (C=O) groups excluding carboxylic acids is 1. The Morgan fingerprint density at radius 3 is 2.79 bits per heavy atom. The number of amides is 1. The van der Waals surface area contributed by atoms with Crippen LogP contribution in [0.5, 0.6) is 0 Å². The normalized spacial score (nSPS) is 19.5. The highest BCUT2D eigenvalue weighted by atomic mass is 35.5. The number of carbonyl (C=O) groups is 1. The van der Waals surface area contributed by atoms with Gasteiger partial charge in [-0.25, -0.2) is 9.67 Å². The Hall–Kier alpha value is -2.78. The van der Waals surface area contributed by atoms with Crippen molar-refractivity contribution in [3.8, 4) is 5.69 Å². The van der Waals surface area contributed by atoms with Gasteiger partial charge in [-0.3, -0.25) is 4.79 Å². The summed E-state index contributed by atoms with van der Waals surface area (Å²) in [5, 5.41) is 8.92. The summed E-state index contributed by atoms with van der Waals surface area (Å²) >= 11 is 6.37. The van der Waals surface area contributed by atoms with E-state index in [-0.39, 0.29) is 18.3 Å². The number of para-hydroxylation sites is 1. The lowest BCUT2D eigenvalue weighted by Gasteiger charge is -2.32. The number of benzene rings is 1. The van der Waals surface area contributed by atoms with Crippen LogP contribution in [0, 0.1) is 6.92 Å². The summed E-state index contributed by atoms with van der Waals surface area (Å²) in [6.45, 7) is 2.84. The largest absolute Gasteiger partial charge is 0.377 e. The first-order valence-electron chi connectivity index (χ1n) is 9.52. The smallest absolute Gasteiger partial charge is 0.294 e. The average molecular weight is 415 g/mol. The van der Waals surface area contributed by atoms with E-state index in [1.165, 1.54) is 0 Å². The van der Waals surface area contributed by atoms with Gasteiger partial charge in [-0.05, 0) is 31.9 Å². The Balaban J connectivity index is 1.51. The van der Waals surface area contributed by atoms with Crippen LogP contribution in [-0.2, 0) is 4.74 Å². The summed E-state index contributed by atoms with van der Waals surface area (Å²) in [4.78, 5) is 23.8. The van der Waals surface area contributed by atoms with Gasteiger partial charge in [-0.1, -0.05) is 28.9 Å². The molecule has 2 aliphatic rings. The molecule has 29 heavy (non-hydrogen) atoms. The molecule has 5 rings (SSSR count). The number of aromatic nitrogens is 5. The molecule has 2 fully saturated rings. The van der Waals surface area contributed by atoms with Crippen LogP contribution in [-0.4, -0.2) is 55.5 Å². The number of morpholine rings is 1. The zero-order valence-corrected chi connectivity index (χ0v) is 16.5. The van der Waals surface area contributed by atoms with Crippen molar-refractivity contribution in [1.82, 2.24) is 29.8 Å². The number of hydrogen-bond donors (Lipinski definition) is 0. The first-order valence-corrected chi connectivity index (χ1v) is 9.90. The predicted octanol–water partition coefficient (Wildman–Crippen LogP) is 2.70. The minimum absolute atomic E-state index is 0.134. The molecule has 0 spiro atoms. The van der Waals surface area contributed by atoms with Crippen molar-refractivity contribution < 1.29 is 14.1 Å². The highest BCUT2D eigenvalue weighted by Crippen LogP contribution is 2.40. The lowest BCUT2D eigenvalue weighted by atomic mass is 10.2. The Bertz CT molecular complexity index is 1060. The summed E-state index contributed by atoms with van der Waals surface area (Å²) in [5.41, 5.74) is 0.716. The number of nitrogens with zero attached hydrogens (tertiary/aromatic N) is 6. The predicted molar refractivity (Wildman–Crippen MR) is 102 cm³/mol. The second-order valence-corrected chi connectivity index (χ2v) is 7.61. The summed E-state index contributed by atoms with van der Waals surface area (Å²) in [6.07, 6.45) is 2.05. The van der Waals surface area contributed by atoms with E-state index in [0.717, 1.165) is 18.7 Å². The maximum atomic E-state index is 13.3. The summed E-state index contributed by atoms with van der Waals surface area (Å²) in [7, 11) is 0. The first kappa shape index (κ1) is 18.3. The fraction of sp³-hybridized carbons (Fsp3) is 0.421. The third-order valence-electron chi connectivity index (χ3n) is 5.06.